The van der Waals surface area contributed by atoms with E-state index in [0.717, 1.165) is 28.2 Å². The van der Waals surface area contributed by atoms with Crippen molar-refractivity contribution in [1.29, 1.82) is 0 Å². The SMILES string of the molecule is COc1ccc(C(OC[C@@]2(CO[Si](C(C)C)(C(C)C)C(C)C)COC[C@H](n3ccc(=O)[nH]c3=O)O2)(c2ccccc2)c2ccc(OC)cc2)cc1. The second-order valence-corrected chi connectivity index (χ2v) is 19.6. The maximum Gasteiger partial charge on any atom is 0.330 e. The van der Waals surface area contributed by atoms with E-state index in [9.17, 15) is 9.59 Å². The molecule has 51 heavy (non-hydrogen) atoms. The Bertz CT molecular complexity index is 1750. The topological polar surface area (TPSA) is 110 Å². The highest BCUT2D eigenvalue weighted by Gasteiger charge is 2.50. The van der Waals surface area contributed by atoms with Crippen LogP contribution in [-0.4, -0.2) is 64.1 Å². The lowest BCUT2D eigenvalue weighted by Gasteiger charge is -2.48. The van der Waals surface area contributed by atoms with Gasteiger partial charge in [-0.15, -0.1) is 0 Å². The molecule has 10 nitrogen and oxygen atoms in total. The Kier molecular flexibility index (Phi) is 12.1. The molecule has 1 fully saturated rings. The molecule has 0 bridgehead atoms. The van der Waals surface area contributed by atoms with Gasteiger partial charge in [0.15, 0.2) is 14.5 Å². The average Bonchev–Trinajstić information content (AvgIpc) is 3.13. The number of rotatable bonds is 15. The van der Waals surface area contributed by atoms with Crippen LogP contribution in [0.25, 0.3) is 0 Å². The van der Waals surface area contributed by atoms with Crippen molar-refractivity contribution in [3.8, 4) is 11.5 Å². The summed E-state index contributed by atoms with van der Waals surface area (Å²) in [5.41, 5.74) is 0.260. The lowest BCUT2D eigenvalue weighted by molar-refractivity contribution is -0.259. The molecule has 4 aromatic rings. The molecule has 1 aliphatic heterocycles. The van der Waals surface area contributed by atoms with E-state index in [-0.39, 0.29) is 26.4 Å². The van der Waals surface area contributed by atoms with Crippen LogP contribution in [0.1, 0.15) is 64.5 Å². The summed E-state index contributed by atoms with van der Waals surface area (Å²) in [6.07, 6.45) is 0.599. The molecule has 0 unspecified atom stereocenters. The number of hydrogen-bond acceptors (Lipinski definition) is 8. The zero-order chi connectivity index (χ0) is 36.8. The Labute approximate surface area is 301 Å². The van der Waals surface area contributed by atoms with Gasteiger partial charge < -0.3 is 28.1 Å². The molecule has 1 saturated heterocycles. The summed E-state index contributed by atoms with van der Waals surface area (Å²) in [4.78, 5) is 27.3. The van der Waals surface area contributed by atoms with Crippen LogP contribution in [0.2, 0.25) is 16.6 Å². The fourth-order valence-corrected chi connectivity index (χ4v) is 13.3. The summed E-state index contributed by atoms with van der Waals surface area (Å²) < 4.78 is 40.2. The second kappa shape index (κ2) is 16.1. The smallest absolute Gasteiger partial charge is 0.330 e. The van der Waals surface area contributed by atoms with Crippen molar-refractivity contribution in [3.63, 3.8) is 0 Å². The molecule has 0 spiro atoms. The van der Waals surface area contributed by atoms with E-state index in [2.05, 4.69) is 46.5 Å². The molecule has 274 valence electrons. The van der Waals surface area contributed by atoms with Crippen molar-refractivity contribution in [2.75, 3.05) is 40.6 Å². The van der Waals surface area contributed by atoms with Gasteiger partial charge in [-0.1, -0.05) is 96.1 Å². The van der Waals surface area contributed by atoms with Crippen LogP contribution >= 0.6 is 0 Å². The van der Waals surface area contributed by atoms with Gasteiger partial charge in [-0.05, 0) is 57.6 Å². The lowest BCUT2D eigenvalue weighted by atomic mass is 9.79. The highest BCUT2D eigenvalue weighted by atomic mass is 28.4. The summed E-state index contributed by atoms with van der Waals surface area (Å²) in [7, 11) is 0.882. The van der Waals surface area contributed by atoms with Crippen LogP contribution in [0, 0.1) is 0 Å². The van der Waals surface area contributed by atoms with E-state index in [1.807, 2.05) is 78.9 Å². The Morgan fingerprint density at radius 1 is 0.784 bits per heavy atom. The molecular formula is C40H52N2O8Si. The molecule has 2 atom stereocenters. The minimum atomic E-state index is -2.40. The van der Waals surface area contributed by atoms with Crippen molar-refractivity contribution >= 4 is 8.32 Å². The number of aromatic nitrogens is 2. The number of methoxy groups -OCH3 is 2. The Balaban J connectivity index is 1.66. The van der Waals surface area contributed by atoms with Gasteiger partial charge in [0.1, 0.15) is 22.7 Å². The maximum absolute atomic E-state index is 13.0. The summed E-state index contributed by atoms with van der Waals surface area (Å²) >= 11 is 0. The van der Waals surface area contributed by atoms with Gasteiger partial charge in [0.25, 0.3) is 5.56 Å². The highest BCUT2D eigenvalue weighted by molar-refractivity contribution is 6.77. The number of nitrogens with zero attached hydrogens (tertiary/aromatic N) is 1. The average molecular weight is 717 g/mol. The summed E-state index contributed by atoms with van der Waals surface area (Å²) in [6, 6.07) is 27.1. The van der Waals surface area contributed by atoms with E-state index < -0.39 is 37.0 Å². The van der Waals surface area contributed by atoms with Gasteiger partial charge >= 0.3 is 5.69 Å². The maximum atomic E-state index is 13.0. The third-order valence-electron chi connectivity index (χ3n) is 10.2. The molecule has 5 rings (SSSR count). The Hall–Kier alpha value is -4.00. The zero-order valence-corrected chi connectivity index (χ0v) is 32.0. The number of H-pyrrole nitrogens is 1. The van der Waals surface area contributed by atoms with Crippen molar-refractivity contribution in [2.45, 2.75) is 75.6 Å². The van der Waals surface area contributed by atoms with Crippen molar-refractivity contribution in [2.24, 2.45) is 0 Å². The predicted molar refractivity (Wildman–Crippen MR) is 200 cm³/mol. The van der Waals surface area contributed by atoms with Gasteiger partial charge in [0.2, 0.25) is 0 Å². The molecule has 1 N–H and O–H groups in total. The minimum Gasteiger partial charge on any atom is -0.497 e. The van der Waals surface area contributed by atoms with Crippen LogP contribution in [0.3, 0.4) is 0 Å². The second-order valence-electron chi connectivity index (χ2n) is 14.2. The molecule has 0 amide bonds. The number of ether oxygens (including phenoxy) is 5. The van der Waals surface area contributed by atoms with E-state index in [4.69, 9.17) is 28.1 Å². The standard InChI is InChI=1S/C40H52N2O8Si/c1-28(2)51(29(3)4,30(5)6)49-27-39(25-47-24-37(50-39)42-23-22-36(43)41-38(42)44)26-48-40(31-12-10-9-11-13-31,32-14-18-34(45-7)19-15-32)33-16-20-35(46-8)21-17-33/h9-23,28-30,37H,24-27H2,1-8H3,(H,41,43,44)/t37-,39-/m1/s1. The number of aromatic amines is 1. The van der Waals surface area contributed by atoms with Gasteiger partial charge in [-0.2, -0.15) is 0 Å². The first-order valence-corrected chi connectivity index (χ1v) is 19.7. The van der Waals surface area contributed by atoms with Crippen LogP contribution in [-0.2, 0) is 24.2 Å². The summed E-state index contributed by atoms with van der Waals surface area (Å²) in [5, 5.41) is 0. The summed E-state index contributed by atoms with van der Waals surface area (Å²) in [6.45, 7) is 13.9. The quantitative estimate of drug-likeness (QED) is 0.103. The first kappa shape index (κ1) is 38.2. The monoisotopic (exact) mass is 716 g/mol. The molecule has 3 aromatic carbocycles. The third kappa shape index (κ3) is 7.78. The summed E-state index contributed by atoms with van der Waals surface area (Å²) in [5.74, 6) is 1.44. The predicted octanol–water partition coefficient (Wildman–Crippen LogP) is 7.04. The third-order valence-corrected chi connectivity index (χ3v) is 16.2. The van der Waals surface area contributed by atoms with Crippen LogP contribution < -0.4 is 20.7 Å². The van der Waals surface area contributed by atoms with E-state index >= 15 is 0 Å². The van der Waals surface area contributed by atoms with Gasteiger partial charge in [0, 0.05) is 12.3 Å². The van der Waals surface area contributed by atoms with E-state index in [1.54, 1.807) is 14.2 Å². The number of nitrogens with one attached hydrogen (secondary N) is 1. The fraction of sp³-hybridized carbons (Fsp3) is 0.450. The normalized spacial score (nSPS) is 18.4. The molecule has 0 aliphatic carbocycles. The fourth-order valence-electron chi connectivity index (χ4n) is 7.76. The molecule has 11 heteroatoms. The number of benzene rings is 3. The van der Waals surface area contributed by atoms with Gasteiger partial charge in [-0.25, -0.2) is 4.79 Å². The number of hydrogen-bond donors (Lipinski definition) is 1. The van der Waals surface area contributed by atoms with Gasteiger partial charge in [0.05, 0.1) is 40.6 Å². The highest BCUT2D eigenvalue weighted by Crippen LogP contribution is 2.45. The largest absolute Gasteiger partial charge is 0.497 e. The van der Waals surface area contributed by atoms with Crippen LogP contribution in [0.4, 0.5) is 0 Å². The first-order valence-electron chi connectivity index (χ1n) is 17.6. The van der Waals surface area contributed by atoms with Crippen molar-refractivity contribution < 1.29 is 28.1 Å². The lowest BCUT2D eigenvalue weighted by Crippen LogP contribution is -2.58. The minimum absolute atomic E-state index is 0.0350. The zero-order valence-electron chi connectivity index (χ0n) is 31.0. The molecule has 1 aliphatic rings. The first-order chi connectivity index (χ1) is 24.4. The van der Waals surface area contributed by atoms with Crippen LogP contribution in [0.15, 0.2) is 101 Å². The Morgan fingerprint density at radius 2 is 1.31 bits per heavy atom. The molecule has 2 heterocycles. The van der Waals surface area contributed by atoms with Gasteiger partial charge in [-0.3, -0.25) is 14.3 Å². The Morgan fingerprint density at radius 3 is 1.80 bits per heavy atom. The molecule has 0 saturated carbocycles. The molecular weight excluding hydrogens is 665 g/mol. The van der Waals surface area contributed by atoms with Crippen LogP contribution in [0.5, 0.6) is 11.5 Å². The van der Waals surface area contributed by atoms with Crippen molar-refractivity contribution in [3.05, 3.63) is 129 Å². The molecule has 1 aromatic heterocycles. The van der Waals surface area contributed by atoms with Crippen molar-refractivity contribution in [1.82, 2.24) is 9.55 Å². The van der Waals surface area contributed by atoms with E-state index in [1.165, 1.54) is 16.8 Å². The van der Waals surface area contributed by atoms with E-state index in [0.29, 0.717) is 16.6 Å². The molecule has 0 radical (unpaired) electrons.